The molecule has 2 aromatic carbocycles. The standard InChI is InChI=1S/C30H33N5O4/c1-32-21-29(38)34-26(18-23-10-12-25(36)13-11-23)30(39)33(19-24-14-16-31-17-15-24)20-27(34)35(32)28(37)9-5-8-22-6-3-2-4-7-22/h2-4,6-7,10-17,26-27,36H,5,8-9,18-21H2,1H3/t26-,27?/m0/s1. The molecular weight excluding hydrogens is 494 g/mol. The summed E-state index contributed by atoms with van der Waals surface area (Å²) in [6, 6.07) is 19.7. The lowest BCUT2D eigenvalue weighted by atomic mass is 9.98. The van der Waals surface area contributed by atoms with Crippen molar-refractivity contribution < 1.29 is 19.5 Å². The highest BCUT2D eigenvalue weighted by Gasteiger charge is 2.50. The van der Waals surface area contributed by atoms with Crippen LogP contribution in [-0.4, -0.2) is 80.0 Å². The molecule has 3 aromatic rings. The lowest BCUT2D eigenvalue weighted by molar-refractivity contribution is -0.203. The molecule has 2 atom stereocenters. The Morgan fingerprint density at radius 3 is 2.38 bits per heavy atom. The van der Waals surface area contributed by atoms with E-state index in [2.05, 4.69) is 17.1 Å². The summed E-state index contributed by atoms with van der Waals surface area (Å²) < 4.78 is 0. The van der Waals surface area contributed by atoms with Crippen molar-refractivity contribution >= 4 is 17.7 Å². The monoisotopic (exact) mass is 527 g/mol. The van der Waals surface area contributed by atoms with Crippen molar-refractivity contribution in [2.45, 2.75) is 44.4 Å². The molecule has 0 radical (unpaired) electrons. The van der Waals surface area contributed by atoms with E-state index in [-0.39, 0.29) is 43.0 Å². The zero-order valence-corrected chi connectivity index (χ0v) is 22.0. The van der Waals surface area contributed by atoms with Crippen LogP contribution >= 0.6 is 0 Å². The van der Waals surface area contributed by atoms with Gasteiger partial charge in [-0.1, -0.05) is 42.5 Å². The number of pyridine rings is 1. The second-order valence-electron chi connectivity index (χ2n) is 10.1. The number of fused-ring (bicyclic) bond motifs is 1. The normalized spacial score (nSPS) is 19.8. The summed E-state index contributed by atoms with van der Waals surface area (Å²) in [5.74, 6) is -0.284. The third-order valence-electron chi connectivity index (χ3n) is 7.38. The van der Waals surface area contributed by atoms with Crippen LogP contribution < -0.4 is 0 Å². The topological polar surface area (TPSA) is 97.3 Å². The van der Waals surface area contributed by atoms with Crippen LogP contribution in [0.2, 0.25) is 0 Å². The Morgan fingerprint density at radius 2 is 1.67 bits per heavy atom. The third-order valence-corrected chi connectivity index (χ3v) is 7.38. The predicted molar refractivity (Wildman–Crippen MR) is 145 cm³/mol. The first-order valence-electron chi connectivity index (χ1n) is 13.2. The summed E-state index contributed by atoms with van der Waals surface area (Å²) in [5.41, 5.74) is 2.92. The smallest absolute Gasteiger partial charge is 0.246 e. The van der Waals surface area contributed by atoms with Gasteiger partial charge in [0.1, 0.15) is 18.0 Å². The number of phenols is 1. The fraction of sp³-hybridized carbons (Fsp3) is 0.333. The molecule has 202 valence electrons. The van der Waals surface area contributed by atoms with Crippen molar-refractivity contribution in [3.8, 4) is 5.75 Å². The van der Waals surface area contributed by atoms with Crippen molar-refractivity contribution in [1.29, 1.82) is 0 Å². The van der Waals surface area contributed by atoms with Crippen LogP contribution in [0.5, 0.6) is 5.75 Å². The molecule has 2 aliphatic rings. The fourth-order valence-corrected chi connectivity index (χ4v) is 5.48. The number of aryl methyl sites for hydroxylation is 1. The Morgan fingerprint density at radius 1 is 0.949 bits per heavy atom. The first-order valence-corrected chi connectivity index (χ1v) is 13.2. The van der Waals surface area contributed by atoms with E-state index >= 15 is 0 Å². The van der Waals surface area contributed by atoms with Gasteiger partial charge in [0.2, 0.25) is 17.7 Å². The molecule has 9 heteroatoms. The molecule has 2 fully saturated rings. The first kappa shape index (κ1) is 26.4. The van der Waals surface area contributed by atoms with Gasteiger partial charge in [-0.2, -0.15) is 0 Å². The molecule has 39 heavy (non-hydrogen) atoms. The lowest BCUT2D eigenvalue weighted by Crippen LogP contribution is -2.75. The van der Waals surface area contributed by atoms with E-state index in [0.29, 0.717) is 19.4 Å². The zero-order chi connectivity index (χ0) is 27.4. The number of hydrazine groups is 1. The number of carbonyl (C=O) groups excluding carboxylic acids is 3. The highest BCUT2D eigenvalue weighted by Crippen LogP contribution is 2.29. The van der Waals surface area contributed by atoms with Gasteiger partial charge >= 0.3 is 0 Å². The number of aromatic nitrogens is 1. The minimum atomic E-state index is -0.768. The highest BCUT2D eigenvalue weighted by atomic mass is 16.3. The van der Waals surface area contributed by atoms with Crippen molar-refractivity contribution in [2.24, 2.45) is 0 Å². The molecule has 1 unspecified atom stereocenters. The maximum absolute atomic E-state index is 13.8. The molecule has 3 amide bonds. The van der Waals surface area contributed by atoms with Crippen LogP contribution in [0.4, 0.5) is 0 Å². The Kier molecular flexibility index (Phi) is 7.88. The van der Waals surface area contributed by atoms with Gasteiger partial charge < -0.3 is 14.9 Å². The number of carbonyl (C=O) groups is 3. The number of amides is 3. The number of rotatable bonds is 8. The Labute approximate surface area is 228 Å². The predicted octanol–water partition coefficient (Wildman–Crippen LogP) is 2.61. The van der Waals surface area contributed by atoms with Crippen molar-refractivity contribution in [1.82, 2.24) is 24.8 Å². The number of benzene rings is 2. The fourth-order valence-electron chi connectivity index (χ4n) is 5.48. The summed E-state index contributed by atoms with van der Waals surface area (Å²) in [5, 5.41) is 13.1. The molecule has 0 spiro atoms. The third kappa shape index (κ3) is 5.93. The van der Waals surface area contributed by atoms with Crippen LogP contribution in [0.25, 0.3) is 0 Å². The number of hydrogen-bond acceptors (Lipinski definition) is 6. The van der Waals surface area contributed by atoms with Crippen LogP contribution in [0.3, 0.4) is 0 Å². The van der Waals surface area contributed by atoms with Gasteiger partial charge in [-0.15, -0.1) is 0 Å². The van der Waals surface area contributed by atoms with E-state index in [4.69, 9.17) is 0 Å². The van der Waals surface area contributed by atoms with Gasteiger partial charge in [0.15, 0.2) is 0 Å². The SMILES string of the molecule is CN1CC(=O)N2C(CN(Cc3ccncc3)C(=O)[C@@H]2Cc2ccc(O)cc2)N1C(=O)CCCc1ccccc1. The van der Waals surface area contributed by atoms with Crippen LogP contribution in [0.1, 0.15) is 29.5 Å². The number of nitrogens with zero attached hydrogens (tertiary/aromatic N) is 5. The number of hydrogen-bond donors (Lipinski definition) is 1. The van der Waals surface area contributed by atoms with E-state index in [1.165, 1.54) is 5.56 Å². The molecule has 1 aromatic heterocycles. The zero-order valence-electron chi connectivity index (χ0n) is 22.0. The van der Waals surface area contributed by atoms with E-state index in [1.54, 1.807) is 63.5 Å². The maximum Gasteiger partial charge on any atom is 0.246 e. The Balaban J connectivity index is 1.41. The Hall–Kier alpha value is -4.24. The average molecular weight is 528 g/mol. The number of likely N-dealkylation sites (N-methyl/N-ethyl adjacent to an activating group) is 1. The molecule has 2 saturated heterocycles. The largest absolute Gasteiger partial charge is 0.508 e. The summed E-state index contributed by atoms with van der Waals surface area (Å²) in [6.07, 6.45) is 4.85. The van der Waals surface area contributed by atoms with Gasteiger partial charge in [-0.3, -0.25) is 24.4 Å². The molecule has 9 nitrogen and oxygen atoms in total. The molecular formula is C30H33N5O4. The number of phenolic OH excluding ortho intramolecular Hbond substituents is 1. The summed E-state index contributed by atoms with van der Waals surface area (Å²) in [6.45, 7) is 0.587. The molecule has 5 rings (SSSR count). The molecule has 1 N–H and O–H groups in total. The van der Waals surface area contributed by atoms with Crippen molar-refractivity contribution in [3.63, 3.8) is 0 Å². The van der Waals surface area contributed by atoms with Gasteiger partial charge in [0.25, 0.3) is 0 Å². The van der Waals surface area contributed by atoms with Crippen molar-refractivity contribution in [3.05, 3.63) is 95.8 Å². The molecule has 0 saturated carbocycles. The quantitative estimate of drug-likeness (QED) is 0.484. The minimum Gasteiger partial charge on any atom is -0.508 e. The van der Waals surface area contributed by atoms with Gasteiger partial charge in [0, 0.05) is 38.8 Å². The molecule has 0 aliphatic carbocycles. The summed E-state index contributed by atoms with van der Waals surface area (Å²) in [7, 11) is 1.75. The summed E-state index contributed by atoms with van der Waals surface area (Å²) in [4.78, 5) is 48.3. The molecule has 3 heterocycles. The van der Waals surface area contributed by atoms with Crippen LogP contribution in [0.15, 0.2) is 79.1 Å². The Bertz CT molecular complexity index is 1300. The second kappa shape index (κ2) is 11.7. The van der Waals surface area contributed by atoms with Gasteiger partial charge in [-0.05, 0) is 53.8 Å². The van der Waals surface area contributed by atoms with Gasteiger partial charge in [-0.25, -0.2) is 5.01 Å². The highest BCUT2D eigenvalue weighted by molar-refractivity contribution is 5.91. The summed E-state index contributed by atoms with van der Waals surface area (Å²) >= 11 is 0. The lowest BCUT2D eigenvalue weighted by Gasteiger charge is -2.54. The van der Waals surface area contributed by atoms with Gasteiger partial charge in [0.05, 0.1) is 13.1 Å². The van der Waals surface area contributed by atoms with E-state index < -0.39 is 12.2 Å². The maximum atomic E-state index is 13.8. The average Bonchev–Trinajstić information content (AvgIpc) is 2.93. The molecule has 2 aliphatic heterocycles. The minimum absolute atomic E-state index is 0.0185. The second-order valence-corrected chi connectivity index (χ2v) is 10.1. The van der Waals surface area contributed by atoms with E-state index in [0.717, 1.165) is 17.5 Å². The van der Waals surface area contributed by atoms with Crippen molar-refractivity contribution in [2.75, 3.05) is 20.1 Å². The first-order chi connectivity index (χ1) is 18.9. The van der Waals surface area contributed by atoms with Crippen LogP contribution in [0, 0.1) is 0 Å². The number of aromatic hydroxyl groups is 1. The molecule has 0 bridgehead atoms. The van der Waals surface area contributed by atoms with E-state index in [1.807, 2.05) is 30.3 Å². The number of piperazine rings is 1. The van der Waals surface area contributed by atoms with Crippen LogP contribution in [-0.2, 0) is 33.8 Å². The van der Waals surface area contributed by atoms with E-state index in [9.17, 15) is 19.5 Å².